The Labute approximate surface area is 146 Å². The number of carbonyl (C=O) groups excluding carboxylic acids is 1. The molecule has 1 aliphatic heterocycles. The minimum absolute atomic E-state index is 0. The molecule has 2 N–H and O–H groups in total. The summed E-state index contributed by atoms with van der Waals surface area (Å²) in [5.41, 5.74) is 5.84. The molecule has 130 valence electrons. The smallest absolute Gasteiger partial charge is 0.289 e. The molecule has 0 spiro atoms. The quantitative estimate of drug-likeness (QED) is 0.916. The number of ether oxygens (including phenoxy) is 1. The maximum absolute atomic E-state index is 12.8. The van der Waals surface area contributed by atoms with Gasteiger partial charge in [0.05, 0.1) is 0 Å². The number of furan rings is 1. The highest BCUT2D eigenvalue weighted by atomic mass is 35.5. The Balaban J connectivity index is 0.00000208. The van der Waals surface area contributed by atoms with Gasteiger partial charge in [0.1, 0.15) is 23.9 Å². The molecule has 1 amide bonds. The molecule has 0 atom stereocenters. The number of nitrogens with zero attached hydrogens (tertiary/aromatic N) is 1. The largest absolute Gasteiger partial charge is 0.486 e. The van der Waals surface area contributed by atoms with Gasteiger partial charge in [-0.15, -0.1) is 12.4 Å². The Morgan fingerprint density at radius 2 is 1.88 bits per heavy atom. The Bertz CT molecular complexity index is 667. The summed E-state index contributed by atoms with van der Waals surface area (Å²) in [5.74, 6) is 0.958. The van der Waals surface area contributed by atoms with E-state index in [0.29, 0.717) is 30.4 Å². The standard InChI is InChI=1S/C17H19FN2O3.ClH/c18-12-1-3-14(4-2-12)22-11-15-5-6-16(23-15)17(21)20-9-7-13(19)8-10-20;/h1-6,13H,7-11,19H2;1H. The first-order valence-corrected chi connectivity index (χ1v) is 7.64. The summed E-state index contributed by atoms with van der Waals surface area (Å²) < 4.78 is 23.9. The summed E-state index contributed by atoms with van der Waals surface area (Å²) in [4.78, 5) is 14.1. The topological polar surface area (TPSA) is 68.7 Å². The maximum atomic E-state index is 12.8. The van der Waals surface area contributed by atoms with Crippen molar-refractivity contribution in [2.75, 3.05) is 13.1 Å². The van der Waals surface area contributed by atoms with Gasteiger partial charge in [-0.2, -0.15) is 0 Å². The van der Waals surface area contributed by atoms with Crippen molar-refractivity contribution in [3.63, 3.8) is 0 Å². The predicted octanol–water partition coefficient (Wildman–Crippen LogP) is 2.98. The second-order valence-electron chi connectivity index (χ2n) is 5.64. The van der Waals surface area contributed by atoms with Crippen molar-refractivity contribution in [3.05, 3.63) is 53.7 Å². The van der Waals surface area contributed by atoms with Gasteiger partial charge in [0, 0.05) is 19.1 Å². The number of likely N-dealkylation sites (tertiary alicyclic amines) is 1. The molecule has 1 aliphatic rings. The van der Waals surface area contributed by atoms with E-state index in [4.69, 9.17) is 14.9 Å². The first-order chi connectivity index (χ1) is 11.1. The van der Waals surface area contributed by atoms with E-state index >= 15 is 0 Å². The molecular weight excluding hydrogens is 335 g/mol. The maximum Gasteiger partial charge on any atom is 0.289 e. The van der Waals surface area contributed by atoms with Crippen LogP contribution in [0.3, 0.4) is 0 Å². The summed E-state index contributed by atoms with van der Waals surface area (Å²) in [6.45, 7) is 1.49. The number of benzene rings is 1. The van der Waals surface area contributed by atoms with Crippen molar-refractivity contribution >= 4 is 18.3 Å². The minimum atomic E-state index is -0.315. The molecular formula is C17H20ClFN2O3. The van der Waals surface area contributed by atoms with Crippen LogP contribution in [-0.2, 0) is 6.61 Å². The molecule has 0 saturated carbocycles. The molecule has 3 rings (SSSR count). The zero-order chi connectivity index (χ0) is 16.2. The van der Waals surface area contributed by atoms with Crippen molar-refractivity contribution in [1.29, 1.82) is 0 Å². The molecule has 2 heterocycles. The summed E-state index contributed by atoms with van der Waals surface area (Å²) in [7, 11) is 0. The van der Waals surface area contributed by atoms with Gasteiger partial charge >= 0.3 is 0 Å². The van der Waals surface area contributed by atoms with Crippen molar-refractivity contribution in [2.24, 2.45) is 5.73 Å². The fourth-order valence-corrected chi connectivity index (χ4v) is 2.51. The molecule has 1 aromatic carbocycles. The van der Waals surface area contributed by atoms with Crippen LogP contribution in [0, 0.1) is 5.82 Å². The van der Waals surface area contributed by atoms with Crippen molar-refractivity contribution in [2.45, 2.75) is 25.5 Å². The van der Waals surface area contributed by atoms with Crippen molar-refractivity contribution in [3.8, 4) is 5.75 Å². The number of hydrogen-bond donors (Lipinski definition) is 1. The summed E-state index contributed by atoms with van der Waals surface area (Å²) in [5, 5.41) is 0. The lowest BCUT2D eigenvalue weighted by Gasteiger charge is -2.29. The predicted molar refractivity (Wildman–Crippen MR) is 89.8 cm³/mol. The third-order valence-corrected chi connectivity index (χ3v) is 3.89. The van der Waals surface area contributed by atoms with Crippen LogP contribution in [0.1, 0.15) is 29.2 Å². The highest BCUT2D eigenvalue weighted by Crippen LogP contribution is 2.17. The van der Waals surface area contributed by atoms with Gasteiger partial charge in [-0.3, -0.25) is 4.79 Å². The van der Waals surface area contributed by atoms with E-state index in [2.05, 4.69) is 0 Å². The molecule has 1 aromatic heterocycles. The molecule has 0 unspecified atom stereocenters. The first kappa shape index (κ1) is 18.3. The Morgan fingerprint density at radius 3 is 2.54 bits per heavy atom. The van der Waals surface area contributed by atoms with E-state index in [0.717, 1.165) is 12.8 Å². The second-order valence-corrected chi connectivity index (χ2v) is 5.64. The van der Waals surface area contributed by atoms with Gasteiger partial charge in [0.2, 0.25) is 0 Å². The van der Waals surface area contributed by atoms with Crippen LogP contribution in [0.15, 0.2) is 40.8 Å². The van der Waals surface area contributed by atoms with Gasteiger partial charge in [-0.1, -0.05) is 0 Å². The van der Waals surface area contributed by atoms with Crippen molar-refractivity contribution in [1.82, 2.24) is 4.90 Å². The van der Waals surface area contributed by atoms with E-state index in [1.165, 1.54) is 12.1 Å². The SMILES string of the molecule is Cl.NC1CCN(C(=O)c2ccc(COc3ccc(F)cc3)o2)CC1. The molecule has 5 nitrogen and oxygen atoms in total. The first-order valence-electron chi connectivity index (χ1n) is 7.64. The van der Waals surface area contributed by atoms with Crippen LogP contribution in [0.25, 0.3) is 0 Å². The Hall–Kier alpha value is -2.05. The monoisotopic (exact) mass is 354 g/mol. The van der Waals surface area contributed by atoms with E-state index in [-0.39, 0.29) is 36.8 Å². The Morgan fingerprint density at radius 1 is 1.21 bits per heavy atom. The van der Waals surface area contributed by atoms with Crippen LogP contribution in [-0.4, -0.2) is 29.9 Å². The third-order valence-electron chi connectivity index (χ3n) is 3.89. The van der Waals surface area contributed by atoms with E-state index < -0.39 is 0 Å². The molecule has 0 radical (unpaired) electrons. The normalized spacial score (nSPS) is 15.0. The minimum Gasteiger partial charge on any atom is -0.486 e. The number of rotatable bonds is 4. The number of halogens is 2. The van der Waals surface area contributed by atoms with Gasteiger partial charge in [0.15, 0.2) is 5.76 Å². The number of piperidine rings is 1. The summed E-state index contributed by atoms with van der Waals surface area (Å²) in [6.07, 6.45) is 1.62. The van der Waals surface area contributed by atoms with Gasteiger partial charge in [-0.25, -0.2) is 4.39 Å². The highest BCUT2D eigenvalue weighted by molar-refractivity contribution is 5.91. The average molecular weight is 355 g/mol. The van der Waals surface area contributed by atoms with Crippen LogP contribution >= 0.6 is 12.4 Å². The van der Waals surface area contributed by atoms with E-state index in [1.807, 2.05) is 0 Å². The van der Waals surface area contributed by atoms with Crippen LogP contribution < -0.4 is 10.5 Å². The average Bonchev–Trinajstić information content (AvgIpc) is 3.03. The fourth-order valence-electron chi connectivity index (χ4n) is 2.51. The lowest BCUT2D eigenvalue weighted by molar-refractivity contribution is 0.0678. The van der Waals surface area contributed by atoms with E-state index in [1.54, 1.807) is 29.2 Å². The third kappa shape index (κ3) is 4.49. The number of nitrogens with two attached hydrogens (primary N) is 1. The van der Waals surface area contributed by atoms with Gasteiger partial charge in [-0.05, 0) is 49.2 Å². The second kappa shape index (κ2) is 8.17. The van der Waals surface area contributed by atoms with Crippen molar-refractivity contribution < 1.29 is 18.3 Å². The molecule has 0 aliphatic carbocycles. The summed E-state index contributed by atoms with van der Waals surface area (Å²) >= 11 is 0. The Kier molecular flexibility index (Phi) is 6.23. The molecule has 0 bridgehead atoms. The molecule has 2 aromatic rings. The lowest BCUT2D eigenvalue weighted by Crippen LogP contribution is -2.42. The van der Waals surface area contributed by atoms with E-state index in [9.17, 15) is 9.18 Å². The molecule has 1 fully saturated rings. The number of carbonyl (C=O) groups is 1. The van der Waals surface area contributed by atoms with Crippen LogP contribution in [0.4, 0.5) is 4.39 Å². The zero-order valence-electron chi connectivity index (χ0n) is 13.1. The molecule has 24 heavy (non-hydrogen) atoms. The summed E-state index contributed by atoms with van der Waals surface area (Å²) in [6, 6.07) is 9.28. The lowest BCUT2D eigenvalue weighted by atomic mass is 10.1. The van der Waals surface area contributed by atoms with Crippen LogP contribution in [0.2, 0.25) is 0 Å². The van der Waals surface area contributed by atoms with Crippen LogP contribution in [0.5, 0.6) is 5.75 Å². The fraction of sp³-hybridized carbons (Fsp3) is 0.353. The number of hydrogen-bond acceptors (Lipinski definition) is 4. The highest BCUT2D eigenvalue weighted by Gasteiger charge is 2.23. The van der Waals surface area contributed by atoms with Gasteiger partial charge in [0.25, 0.3) is 5.91 Å². The number of amides is 1. The zero-order valence-corrected chi connectivity index (χ0v) is 13.9. The molecule has 1 saturated heterocycles. The molecule has 7 heteroatoms. The van der Waals surface area contributed by atoms with Gasteiger partial charge < -0.3 is 19.8 Å².